The Hall–Kier alpha value is -3.23. The molecule has 0 heterocycles. The topological polar surface area (TPSA) is 67.9 Å². The Morgan fingerprint density at radius 1 is 1.04 bits per heavy atom. The Morgan fingerprint density at radius 2 is 1.71 bits per heavy atom. The van der Waals surface area contributed by atoms with Crippen LogP contribution >= 0.6 is 0 Å². The van der Waals surface area contributed by atoms with Crippen molar-refractivity contribution in [3.8, 4) is 11.5 Å². The third-order valence-corrected chi connectivity index (χ3v) is 3.83. The first kappa shape index (κ1) is 21.1. The van der Waals surface area contributed by atoms with E-state index in [0.29, 0.717) is 17.2 Å². The fourth-order valence-corrected chi connectivity index (χ4v) is 2.49. The van der Waals surface area contributed by atoms with Gasteiger partial charge in [-0.15, -0.1) is 0 Å². The standard InChI is InChI=1S/C19H19F3N2O4/c1-12(25)24(15-6-4-5-13(9-15)19(20,21)22)11-18(26)23-14-7-8-16(27-2)17(10-14)28-3/h4-10H,11H2,1-3H3,(H,23,26). The molecule has 0 atom stereocenters. The third-order valence-electron chi connectivity index (χ3n) is 3.83. The molecule has 150 valence electrons. The monoisotopic (exact) mass is 396 g/mol. The number of alkyl halides is 3. The Bertz CT molecular complexity index is 868. The molecule has 2 amide bonds. The molecule has 0 aromatic heterocycles. The molecule has 0 bridgehead atoms. The summed E-state index contributed by atoms with van der Waals surface area (Å²) in [5.41, 5.74) is -0.545. The summed E-state index contributed by atoms with van der Waals surface area (Å²) in [5.74, 6) is -0.293. The van der Waals surface area contributed by atoms with Gasteiger partial charge in [0.25, 0.3) is 0 Å². The van der Waals surface area contributed by atoms with Gasteiger partial charge in [-0.2, -0.15) is 13.2 Å². The van der Waals surface area contributed by atoms with Crippen molar-refractivity contribution < 1.29 is 32.2 Å². The van der Waals surface area contributed by atoms with E-state index in [9.17, 15) is 22.8 Å². The maximum Gasteiger partial charge on any atom is 0.416 e. The van der Waals surface area contributed by atoms with E-state index < -0.39 is 30.1 Å². The predicted molar refractivity (Wildman–Crippen MR) is 97.6 cm³/mol. The van der Waals surface area contributed by atoms with Crippen LogP contribution in [0.2, 0.25) is 0 Å². The fraction of sp³-hybridized carbons (Fsp3) is 0.263. The average Bonchev–Trinajstić information content (AvgIpc) is 2.65. The van der Waals surface area contributed by atoms with Crippen LogP contribution in [0.15, 0.2) is 42.5 Å². The molecule has 0 spiro atoms. The lowest BCUT2D eigenvalue weighted by molar-refractivity contribution is -0.137. The van der Waals surface area contributed by atoms with Crippen molar-refractivity contribution >= 4 is 23.2 Å². The molecule has 0 aliphatic carbocycles. The first-order valence-electron chi connectivity index (χ1n) is 8.13. The highest BCUT2D eigenvalue weighted by atomic mass is 19.4. The second kappa shape index (κ2) is 8.64. The molecule has 9 heteroatoms. The number of nitrogens with one attached hydrogen (secondary N) is 1. The van der Waals surface area contributed by atoms with Crippen LogP contribution < -0.4 is 19.7 Å². The summed E-state index contributed by atoms with van der Waals surface area (Å²) in [6.45, 7) is 0.717. The van der Waals surface area contributed by atoms with Crippen molar-refractivity contribution in [2.45, 2.75) is 13.1 Å². The molecule has 2 aromatic rings. The second-order valence-electron chi connectivity index (χ2n) is 5.77. The average molecular weight is 396 g/mol. The Morgan fingerprint density at radius 3 is 2.29 bits per heavy atom. The molecular weight excluding hydrogens is 377 g/mol. The van der Waals surface area contributed by atoms with Crippen LogP contribution in [-0.2, 0) is 15.8 Å². The number of benzene rings is 2. The van der Waals surface area contributed by atoms with Crippen LogP contribution in [0.1, 0.15) is 12.5 Å². The SMILES string of the molecule is COc1ccc(NC(=O)CN(C(C)=O)c2cccc(C(F)(F)F)c2)cc1OC. The van der Waals surface area contributed by atoms with Crippen molar-refractivity contribution in [3.63, 3.8) is 0 Å². The van der Waals surface area contributed by atoms with E-state index in [0.717, 1.165) is 17.0 Å². The lowest BCUT2D eigenvalue weighted by atomic mass is 10.1. The molecule has 0 saturated heterocycles. The van der Waals surface area contributed by atoms with Gasteiger partial charge in [0.2, 0.25) is 11.8 Å². The highest BCUT2D eigenvalue weighted by Crippen LogP contribution is 2.32. The number of hydrogen-bond acceptors (Lipinski definition) is 4. The predicted octanol–water partition coefficient (Wildman–Crippen LogP) is 3.71. The zero-order valence-corrected chi connectivity index (χ0v) is 15.5. The van der Waals surface area contributed by atoms with Crippen molar-refractivity contribution in [1.29, 1.82) is 0 Å². The fourth-order valence-electron chi connectivity index (χ4n) is 2.49. The number of halogens is 3. The van der Waals surface area contributed by atoms with E-state index in [-0.39, 0.29) is 5.69 Å². The highest BCUT2D eigenvalue weighted by Gasteiger charge is 2.31. The number of nitrogens with zero attached hydrogens (tertiary/aromatic N) is 1. The lowest BCUT2D eigenvalue weighted by Crippen LogP contribution is -2.36. The minimum absolute atomic E-state index is 0.0233. The Balaban J connectivity index is 2.19. The molecule has 2 aromatic carbocycles. The second-order valence-corrected chi connectivity index (χ2v) is 5.77. The van der Waals surface area contributed by atoms with E-state index >= 15 is 0 Å². The summed E-state index contributed by atoms with van der Waals surface area (Å²) in [5, 5.41) is 2.58. The van der Waals surface area contributed by atoms with E-state index in [1.807, 2.05) is 0 Å². The van der Waals surface area contributed by atoms with Crippen molar-refractivity contribution in [2.24, 2.45) is 0 Å². The van der Waals surface area contributed by atoms with Gasteiger partial charge in [0.15, 0.2) is 11.5 Å². The minimum Gasteiger partial charge on any atom is -0.493 e. The van der Waals surface area contributed by atoms with E-state index in [2.05, 4.69) is 5.32 Å². The third kappa shape index (κ3) is 5.15. The molecule has 2 rings (SSSR count). The maximum atomic E-state index is 12.9. The Labute approximate surface area is 159 Å². The van der Waals surface area contributed by atoms with Crippen LogP contribution in [0.4, 0.5) is 24.5 Å². The van der Waals surface area contributed by atoms with E-state index in [1.165, 1.54) is 39.3 Å². The Kier molecular flexibility index (Phi) is 6.50. The van der Waals surface area contributed by atoms with Gasteiger partial charge in [-0.1, -0.05) is 6.07 Å². The van der Waals surface area contributed by atoms with Crippen molar-refractivity contribution in [2.75, 3.05) is 31.0 Å². The van der Waals surface area contributed by atoms with Crippen molar-refractivity contribution in [1.82, 2.24) is 0 Å². The maximum absolute atomic E-state index is 12.9. The minimum atomic E-state index is -4.56. The summed E-state index contributed by atoms with van der Waals surface area (Å²) in [4.78, 5) is 25.2. The van der Waals surface area contributed by atoms with Crippen LogP contribution in [0.5, 0.6) is 11.5 Å². The molecule has 0 fully saturated rings. The van der Waals surface area contributed by atoms with Crippen LogP contribution in [0.25, 0.3) is 0 Å². The highest BCUT2D eigenvalue weighted by molar-refractivity contribution is 6.01. The first-order chi connectivity index (χ1) is 13.2. The molecule has 0 saturated carbocycles. The van der Waals surface area contributed by atoms with Gasteiger partial charge in [-0.25, -0.2) is 0 Å². The molecular formula is C19H19F3N2O4. The number of carbonyl (C=O) groups is 2. The zero-order chi connectivity index (χ0) is 20.9. The number of methoxy groups -OCH3 is 2. The number of rotatable bonds is 6. The van der Waals surface area contributed by atoms with Gasteiger partial charge in [0.1, 0.15) is 6.54 Å². The normalized spacial score (nSPS) is 10.9. The smallest absolute Gasteiger partial charge is 0.416 e. The molecule has 28 heavy (non-hydrogen) atoms. The molecule has 0 radical (unpaired) electrons. The molecule has 0 aliphatic heterocycles. The van der Waals surface area contributed by atoms with Crippen LogP contribution in [0, 0.1) is 0 Å². The largest absolute Gasteiger partial charge is 0.493 e. The first-order valence-corrected chi connectivity index (χ1v) is 8.13. The van der Waals surface area contributed by atoms with Gasteiger partial charge < -0.3 is 19.7 Å². The number of carbonyl (C=O) groups excluding carboxylic acids is 2. The summed E-state index contributed by atoms with van der Waals surface area (Å²) >= 11 is 0. The van der Waals surface area contributed by atoms with Gasteiger partial charge in [-0.05, 0) is 30.3 Å². The molecule has 0 aliphatic rings. The number of hydrogen-bond donors (Lipinski definition) is 1. The van der Waals surface area contributed by atoms with Gasteiger partial charge in [0, 0.05) is 24.4 Å². The summed E-state index contributed by atoms with van der Waals surface area (Å²) in [6, 6.07) is 8.92. The molecule has 1 N–H and O–H groups in total. The molecule has 6 nitrogen and oxygen atoms in total. The number of amides is 2. The summed E-state index contributed by atoms with van der Waals surface area (Å²) in [7, 11) is 2.91. The van der Waals surface area contributed by atoms with Crippen LogP contribution in [0.3, 0.4) is 0 Å². The quantitative estimate of drug-likeness (QED) is 0.808. The number of anilines is 2. The van der Waals surface area contributed by atoms with E-state index in [1.54, 1.807) is 12.1 Å². The summed E-state index contributed by atoms with van der Waals surface area (Å²) in [6.07, 6.45) is -4.56. The summed E-state index contributed by atoms with van der Waals surface area (Å²) < 4.78 is 49.0. The van der Waals surface area contributed by atoms with Gasteiger partial charge in [-0.3, -0.25) is 9.59 Å². The molecule has 0 unspecified atom stereocenters. The zero-order valence-electron chi connectivity index (χ0n) is 15.5. The number of ether oxygens (including phenoxy) is 2. The van der Waals surface area contributed by atoms with Crippen LogP contribution in [-0.4, -0.2) is 32.6 Å². The van der Waals surface area contributed by atoms with Gasteiger partial charge in [0.05, 0.1) is 19.8 Å². The lowest BCUT2D eigenvalue weighted by Gasteiger charge is -2.22. The van der Waals surface area contributed by atoms with Crippen molar-refractivity contribution in [3.05, 3.63) is 48.0 Å². The van der Waals surface area contributed by atoms with E-state index in [4.69, 9.17) is 9.47 Å². The van der Waals surface area contributed by atoms with Gasteiger partial charge >= 0.3 is 6.18 Å².